The summed E-state index contributed by atoms with van der Waals surface area (Å²) >= 11 is 0. The van der Waals surface area contributed by atoms with Gasteiger partial charge in [-0.3, -0.25) is 4.79 Å². The van der Waals surface area contributed by atoms with E-state index in [-0.39, 0.29) is 5.78 Å². The Hall–Kier alpha value is -4.32. The van der Waals surface area contributed by atoms with Gasteiger partial charge in [-0.2, -0.15) is 0 Å². The Bertz CT molecular complexity index is 1200. The van der Waals surface area contributed by atoms with Gasteiger partial charge in [0.1, 0.15) is 6.61 Å². The van der Waals surface area contributed by atoms with E-state index in [1.807, 2.05) is 54.6 Å². The molecule has 0 aliphatic carbocycles. The monoisotopic (exact) mass is 440 g/mol. The lowest BCUT2D eigenvalue weighted by molar-refractivity contribution is 0.102. The predicted molar refractivity (Wildman–Crippen MR) is 127 cm³/mol. The highest BCUT2D eigenvalue weighted by Gasteiger charge is 2.34. The summed E-state index contributed by atoms with van der Waals surface area (Å²) in [5.74, 6) is 0.859. The Labute approximate surface area is 192 Å². The highest BCUT2D eigenvalue weighted by molar-refractivity contribution is 6.16. The molecule has 0 fully saturated rings. The van der Waals surface area contributed by atoms with Gasteiger partial charge in [0.15, 0.2) is 17.3 Å². The molecular formula is C27H24N2O4. The molecule has 0 bridgehead atoms. The van der Waals surface area contributed by atoms with Crippen molar-refractivity contribution in [2.45, 2.75) is 6.04 Å². The van der Waals surface area contributed by atoms with Gasteiger partial charge in [-0.1, -0.05) is 79.4 Å². The maximum atomic E-state index is 13.7. The third kappa shape index (κ3) is 4.65. The van der Waals surface area contributed by atoms with Crippen molar-refractivity contribution in [3.63, 3.8) is 0 Å². The summed E-state index contributed by atoms with van der Waals surface area (Å²) in [6.07, 6.45) is 1.64. The zero-order chi connectivity index (χ0) is 23.2. The summed E-state index contributed by atoms with van der Waals surface area (Å²) in [7, 11) is 1.54. The van der Waals surface area contributed by atoms with Gasteiger partial charge in [-0.25, -0.2) is 4.79 Å². The molecule has 0 saturated carbocycles. The molecule has 4 rings (SSSR count). The van der Waals surface area contributed by atoms with E-state index in [2.05, 4.69) is 17.2 Å². The van der Waals surface area contributed by atoms with Crippen molar-refractivity contribution in [2.75, 3.05) is 13.7 Å². The normalized spacial score (nSPS) is 15.3. The lowest BCUT2D eigenvalue weighted by Crippen LogP contribution is -2.45. The van der Waals surface area contributed by atoms with Crippen LogP contribution in [0.25, 0.3) is 5.70 Å². The molecule has 1 heterocycles. The van der Waals surface area contributed by atoms with Crippen LogP contribution in [0.1, 0.15) is 27.5 Å². The fraction of sp³-hybridized carbons (Fsp3) is 0.111. The molecule has 0 radical (unpaired) electrons. The number of benzene rings is 3. The molecule has 0 saturated heterocycles. The lowest BCUT2D eigenvalue weighted by atomic mass is 9.87. The van der Waals surface area contributed by atoms with E-state index in [1.165, 1.54) is 0 Å². The number of amides is 2. The van der Waals surface area contributed by atoms with Gasteiger partial charge in [0.2, 0.25) is 0 Å². The van der Waals surface area contributed by atoms with Gasteiger partial charge in [0.25, 0.3) is 0 Å². The second kappa shape index (κ2) is 9.87. The molecule has 166 valence electrons. The summed E-state index contributed by atoms with van der Waals surface area (Å²) in [5, 5.41) is 5.75. The molecule has 0 aromatic heterocycles. The van der Waals surface area contributed by atoms with E-state index >= 15 is 0 Å². The minimum absolute atomic E-state index is 0.182. The average molecular weight is 440 g/mol. The van der Waals surface area contributed by atoms with Crippen LogP contribution in [-0.4, -0.2) is 25.5 Å². The second-order valence-electron chi connectivity index (χ2n) is 7.39. The van der Waals surface area contributed by atoms with Crippen LogP contribution in [0.4, 0.5) is 4.79 Å². The molecular weight excluding hydrogens is 416 g/mol. The molecule has 1 atom stereocenters. The smallest absolute Gasteiger partial charge is 0.320 e. The zero-order valence-corrected chi connectivity index (χ0v) is 18.2. The number of urea groups is 1. The highest BCUT2D eigenvalue weighted by Crippen LogP contribution is 2.37. The topological polar surface area (TPSA) is 76.7 Å². The van der Waals surface area contributed by atoms with Gasteiger partial charge in [-0.15, -0.1) is 0 Å². The first-order valence-corrected chi connectivity index (χ1v) is 10.5. The van der Waals surface area contributed by atoms with Crippen molar-refractivity contribution in [3.05, 3.63) is 114 Å². The van der Waals surface area contributed by atoms with Crippen molar-refractivity contribution in [1.82, 2.24) is 10.6 Å². The van der Waals surface area contributed by atoms with Crippen molar-refractivity contribution < 1.29 is 19.1 Å². The number of nitrogens with one attached hydrogen (secondary N) is 2. The summed E-state index contributed by atoms with van der Waals surface area (Å²) in [4.78, 5) is 26.4. The molecule has 0 spiro atoms. The number of ketones is 1. The maximum Gasteiger partial charge on any atom is 0.320 e. The first kappa shape index (κ1) is 21.9. The van der Waals surface area contributed by atoms with Crippen molar-refractivity contribution in [1.29, 1.82) is 0 Å². The fourth-order valence-corrected chi connectivity index (χ4v) is 3.77. The molecule has 6 nitrogen and oxygen atoms in total. The molecule has 6 heteroatoms. The van der Waals surface area contributed by atoms with E-state index in [0.29, 0.717) is 40.5 Å². The van der Waals surface area contributed by atoms with Crippen molar-refractivity contribution >= 4 is 17.5 Å². The van der Waals surface area contributed by atoms with Gasteiger partial charge in [-0.05, 0) is 23.3 Å². The molecule has 33 heavy (non-hydrogen) atoms. The Morgan fingerprint density at radius 3 is 2.36 bits per heavy atom. The standard InChI is InChI=1S/C27H24N2O4/c1-3-16-33-21-15-14-20(17-22(21)32-2)25-23(26(30)19-12-8-5-9-13-19)24(28-27(31)29-25)18-10-6-4-7-11-18/h3-15,17,25H,1,16H2,2H3,(H2,28,29,31)/t25-/m1/s1. The third-order valence-corrected chi connectivity index (χ3v) is 5.29. The Balaban J connectivity index is 1.87. The van der Waals surface area contributed by atoms with Crippen molar-refractivity contribution in [3.8, 4) is 11.5 Å². The van der Waals surface area contributed by atoms with Crippen LogP contribution >= 0.6 is 0 Å². The SMILES string of the molecule is C=CCOc1ccc([C@H]2NC(=O)NC(c3ccccc3)=C2C(=O)c2ccccc2)cc1OC. The van der Waals surface area contributed by atoms with Crippen LogP contribution in [0.2, 0.25) is 0 Å². The van der Waals surface area contributed by atoms with E-state index in [1.54, 1.807) is 37.5 Å². The quantitative estimate of drug-likeness (QED) is 0.386. The van der Waals surface area contributed by atoms with E-state index in [9.17, 15) is 9.59 Å². The van der Waals surface area contributed by atoms with E-state index < -0.39 is 12.1 Å². The van der Waals surface area contributed by atoms with Crippen molar-refractivity contribution in [2.24, 2.45) is 0 Å². The molecule has 0 unspecified atom stereocenters. The molecule has 1 aliphatic heterocycles. The van der Waals surface area contributed by atoms with Crippen LogP contribution in [0.5, 0.6) is 11.5 Å². The Morgan fingerprint density at radius 1 is 1.00 bits per heavy atom. The molecule has 3 aromatic rings. The molecule has 2 N–H and O–H groups in total. The Morgan fingerprint density at radius 2 is 1.70 bits per heavy atom. The van der Waals surface area contributed by atoms with E-state index in [0.717, 1.165) is 5.56 Å². The minimum atomic E-state index is -0.691. The lowest BCUT2D eigenvalue weighted by Gasteiger charge is -2.30. The van der Waals surface area contributed by atoms with Crippen LogP contribution < -0.4 is 20.1 Å². The average Bonchev–Trinajstić information content (AvgIpc) is 2.87. The first-order chi connectivity index (χ1) is 16.1. The van der Waals surface area contributed by atoms with Crippen LogP contribution in [0.15, 0.2) is 97.1 Å². The number of methoxy groups -OCH3 is 1. The van der Waals surface area contributed by atoms with Gasteiger partial charge >= 0.3 is 6.03 Å². The highest BCUT2D eigenvalue weighted by atomic mass is 16.5. The zero-order valence-electron chi connectivity index (χ0n) is 18.2. The molecule has 2 amide bonds. The maximum absolute atomic E-state index is 13.7. The van der Waals surface area contributed by atoms with Crippen LogP contribution in [0.3, 0.4) is 0 Å². The molecule has 3 aromatic carbocycles. The Kier molecular flexibility index (Phi) is 6.55. The van der Waals surface area contributed by atoms with Crippen LogP contribution in [-0.2, 0) is 0 Å². The number of hydrogen-bond acceptors (Lipinski definition) is 4. The first-order valence-electron chi connectivity index (χ1n) is 10.5. The minimum Gasteiger partial charge on any atom is -0.493 e. The number of carbonyl (C=O) groups excluding carboxylic acids is 2. The van der Waals surface area contributed by atoms with Gasteiger partial charge < -0.3 is 20.1 Å². The van der Waals surface area contributed by atoms with Gasteiger partial charge in [0, 0.05) is 5.56 Å². The summed E-state index contributed by atoms with van der Waals surface area (Å²) in [6.45, 7) is 3.99. The third-order valence-electron chi connectivity index (χ3n) is 5.29. The summed E-state index contributed by atoms with van der Waals surface area (Å²) in [6, 6.07) is 22.6. The largest absolute Gasteiger partial charge is 0.493 e. The number of carbonyl (C=O) groups is 2. The van der Waals surface area contributed by atoms with E-state index in [4.69, 9.17) is 9.47 Å². The fourth-order valence-electron chi connectivity index (χ4n) is 3.77. The predicted octanol–water partition coefficient (Wildman–Crippen LogP) is 4.91. The number of Topliss-reactive ketones (excluding diaryl/α,β-unsaturated/α-hetero) is 1. The number of rotatable bonds is 8. The number of hydrogen-bond donors (Lipinski definition) is 2. The van der Waals surface area contributed by atoms with Gasteiger partial charge in [0.05, 0.1) is 24.4 Å². The second-order valence-corrected chi connectivity index (χ2v) is 7.39. The number of ether oxygens (including phenoxy) is 2. The summed E-state index contributed by atoms with van der Waals surface area (Å²) < 4.78 is 11.2. The molecule has 1 aliphatic rings. The summed E-state index contributed by atoms with van der Waals surface area (Å²) in [5.41, 5.74) is 2.88. The van der Waals surface area contributed by atoms with Crippen LogP contribution in [0, 0.1) is 0 Å².